The lowest BCUT2D eigenvalue weighted by atomic mass is 10.1. The van der Waals surface area contributed by atoms with Crippen LogP contribution in [0.4, 0.5) is 0 Å². The zero-order valence-electron chi connectivity index (χ0n) is 8.78. The molecule has 1 N–H and O–H groups in total. The fourth-order valence-electron chi connectivity index (χ4n) is 1.36. The maximum Gasteiger partial charge on any atom is 0.253 e. The molecular formula is C10H13N3O2. The van der Waals surface area contributed by atoms with Crippen LogP contribution >= 0.6 is 0 Å². The Balaban J connectivity index is 2.12. The minimum absolute atomic E-state index is 0.0983. The lowest BCUT2D eigenvalue weighted by Gasteiger charge is -2.26. The van der Waals surface area contributed by atoms with Crippen LogP contribution < -0.4 is 5.32 Å². The van der Waals surface area contributed by atoms with E-state index in [1.807, 2.05) is 6.92 Å². The molecular weight excluding hydrogens is 194 g/mol. The molecule has 1 aliphatic rings. The summed E-state index contributed by atoms with van der Waals surface area (Å²) in [7, 11) is 0. The lowest BCUT2D eigenvalue weighted by molar-refractivity contribution is -0.00348. The SMILES string of the molecule is Cc1cc(C(=O)NC2COC2)c(C)nn1. The summed E-state index contributed by atoms with van der Waals surface area (Å²) in [4.78, 5) is 11.8. The Kier molecular flexibility index (Phi) is 2.64. The number of ether oxygens (including phenoxy) is 1. The highest BCUT2D eigenvalue weighted by Gasteiger charge is 2.22. The van der Waals surface area contributed by atoms with E-state index < -0.39 is 0 Å². The van der Waals surface area contributed by atoms with Gasteiger partial charge in [0.15, 0.2) is 0 Å². The number of nitrogens with one attached hydrogen (secondary N) is 1. The van der Waals surface area contributed by atoms with Crippen molar-refractivity contribution in [1.29, 1.82) is 0 Å². The lowest BCUT2D eigenvalue weighted by Crippen LogP contribution is -2.48. The van der Waals surface area contributed by atoms with Crippen LogP contribution in [0.25, 0.3) is 0 Å². The normalized spacial score (nSPS) is 15.9. The van der Waals surface area contributed by atoms with Gasteiger partial charge in [-0.3, -0.25) is 4.79 Å². The first-order chi connectivity index (χ1) is 7.16. The summed E-state index contributed by atoms with van der Waals surface area (Å²) in [6.45, 7) is 4.79. The fraction of sp³-hybridized carbons (Fsp3) is 0.500. The molecule has 1 aromatic rings. The van der Waals surface area contributed by atoms with E-state index in [9.17, 15) is 4.79 Å². The molecule has 1 saturated heterocycles. The Labute approximate surface area is 87.8 Å². The van der Waals surface area contributed by atoms with Crippen molar-refractivity contribution < 1.29 is 9.53 Å². The van der Waals surface area contributed by atoms with Crippen molar-refractivity contribution >= 4 is 5.91 Å². The minimum Gasteiger partial charge on any atom is -0.377 e. The largest absolute Gasteiger partial charge is 0.377 e. The topological polar surface area (TPSA) is 64.1 Å². The van der Waals surface area contributed by atoms with Crippen LogP contribution in [0.15, 0.2) is 6.07 Å². The smallest absolute Gasteiger partial charge is 0.253 e. The second-order valence-electron chi connectivity index (χ2n) is 3.69. The Bertz CT molecular complexity index is 388. The van der Waals surface area contributed by atoms with Crippen LogP contribution in [0, 0.1) is 13.8 Å². The number of aromatic nitrogens is 2. The van der Waals surface area contributed by atoms with Crippen molar-refractivity contribution in [2.45, 2.75) is 19.9 Å². The highest BCUT2D eigenvalue weighted by Crippen LogP contribution is 2.07. The van der Waals surface area contributed by atoms with Crippen LogP contribution in [0.2, 0.25) is 0 Å². The summed E-state index contributed by atoms with van der Waals surface area (Å²) < 4.78 is 4.98. The summed E-state index contributed by atoms with van der Waals surface area (Å²) in [5.74, 6) is -0.0983. The van der Waals surface area contributed by atoms with Gasteiger partial charge < -0.3 is 10.1 Å². The van der Waals surface area contributed by atoms with Gasteiger partial charge in [-0.25, -0.2) is 0 Å². The van der Waals surface area contributed by atoms with E-state index in [-0.39, 0.29) is 11.9 Å². The van der Waals surface area contributed by atoms with Gasteiger partial charge in [0.05, 0.1) is 36.2 Å². The molecule has 0 radical (unpaired) electrons. The number of hydrogen-bond acceptors (Lipinski definition) is 4. The standard InChI is InChI=1S/C10H13N3O2/c1-6-3-9(7(2)13-12-6)10(14)11-8-4-15-5-8/h3,8H,4-5H2,1-2H3,(H,11,14). The molecule has 0 saturated carbocycles. The maximum absolute atomic E-state index is 11.8. The van der Waals surface area contributed by atoms with Crippen molar-refractivity contribution in [3.63, 3.8) is 0 Å². The second-order valence-corrected chi connectivity index (χ2v) is 3.69. The van der Waals surface area contributed by atoms with Gasteiger partial charge in [-0.1, -0.05) is 0 Å². The quantitative estimate of drug-likeness (QED) is 0.753. The predicted molar refractivity (Wildman–Crippen MR) is 53.6 cm³/mol. The third-order valence-corrected chi connectivity index (χ3v) is 2.32. The highest BCUT2D eigenvalue weighted by atomic mass is 16.5. The molecule has 15 heavy (non-hydrogen) atoms. The number of carbonyl (C=O) groups excluding carboxylic acids is 1. The van der Waals surface area contributed by atoms with E-state index >= 15 is 0 Å². The molecule has 0 bridgehead atoms. The van der Waals surface area contributed by atoms with Crippen LogP contribution in [0.5, 0.6) is 0 Å². The zero-order valence-corrected chi connectivity index (χ0v) is 8.78. The van der Waals surface area contributed by atoms with Gasteiger partial charge in [0, 0.05) is 0 Å². The van der Waals surface area contributed by atoms with Crippen LogP contribution in [-0.2, 0) is 4.74 Å². The molecule has 5 heteroatoms. The maximum atomic E-state index is 11.8. The number of rotatable bonds is 2. The molecule has 2 rings (SSSR count). The Morgan fingerprint density at radius 2 is 2.20 bits per heavy atom. The summed E-state index contributed by atoms with van der Waals surface area (Å²) in [6, 6.07) is 1.89. The van der Waals surface area contributed by atoms with E-state index in [1.165, 1.54) is 0 Å². The second kappa shape index (κ2) is 3.94. The van der Waals surface area contributed by atoms with E-state index in [4.69, 9.17) is 4.74 Å². The predicted octanol–water partition coefficient (Wildman–Crippen LogP) is 0.222. The average molecular weight is 207 g/mol. The van der Waals surface area contributed by atoms with Gasteiger partial charge in [0.2, 0.25) is 0 Å². The van der Waals surface area contributed by atoms with Gasteiger partial charge in [0.1, 0.15) is 0 Å². The van der Waals surface area contributed by atoms with E-state index in [0.29, 0.717) is 24.5 Å². The molecule has 1 amide bonds. The number of amides is 1. The van der Waals surface area contributed by atoms with Gasteiger partial charge in [0.25, 0.3) is 5.91 Å². The third kappa shape index (κ3) is 2.12. The van der Waals surface area contributed by atoms with Gasteiger partial charge >= 0.3 is 0 Å². The Hall–Kier alpha value is -1.49. The van der Waals surface area contributed by atoms with Crippen molar-refractivity contribution in [1.82, 2.24) is 15.5 Å². The minimum atomic E-state index is -0.0983. The van der Waals surface area contributed by atoms with E-state index in [1.54, 1.807) is 13.0 Å². The number of hydrogen-bond donors (Lipinski definition) is 1. The molecule has 0 unspecified atom stereocenters. The fourth-order valence-corrected chi connectivity index (χ4v) is 1.36. The van der Waals surface area contributed by atoms with Gasteiger partial charge in [-0.2, -0.15) is 10.2 Å². The average Bonchev–Trinajstić information content (AvgIpc) is 2.15. The Morgan fingerprint density at radius 3 is 2.80 bits per heavy atom. The molecule has 5 nitrogen and oxygen atoms in total. The molecule has 0 atom stereocenters. The van der Waals surface area contributed by atoms with Crippen LogP contribution in [0.3, 0.4) is 0 Å². The van der Waals surface area contributed by atoms with Crippen molar-refractivity contribution in [3.05, 3.63) is 23.0 Å². The number of nitrogens with zero attached hydrogens (tertiary/aromatic N) is 2. The molecule has 80 valence electrons. The van der Waals surface area contributed by atoms with Crippen molar-refractivity contribution in [2.75, 3.05) is 13.2 Å². The first-order valence-electron chi connectivity index (χ1n) is 4.86. The third-order valence-electron chi connectivity index (χ3n) is 2.32. The molecule has 1 aliphatic heterocycles. The van der Waals surface area contributed by atoms with Gasteiger partial charge in [-0.15, -0.1) is 0 Å². The number of aryl methyl sites for hydroxylation is 2. The first kappa shape index (κ1) is 10.0. The molecule has 0 aromatic carbocycles. The molecule has 0 aliphatic carbocycles. The molecule has 0 spiro atoms. The Morgan fingerprint density at radius 1 is 1.47 bits per heavy atom. The summed E-state index contributed by atoms with van der Waals surface area (Å²) in [5, 5.41) is 10.7. The van der Waals surface area contributed by atoms with Crippen molar-refractivity contribution in [2.24, 2.45) is 0 Å². The molecule has 1 aromatic heterocycles. The summed E-state index contributed by atoms with van der Waals surface area (Å²) in [5.41, 5.74) is 1.99. The van der Waals surface area contributed by atoms with E-state index in [0.717, 1.165) is 5.69 Å². The van der Waals surface area contributed by atoms with Crippen LogP contribution in [0.1, 0.15) is 21.7 Å². The summed E-state index contributed by atoms with van der Waals surface area (Å²) >= 11 is 0. The van der Waals surface area contributed by atoms with E-state index in [2.05, 4.69) is 15.5 Å². The van der Waals surface area contributed by atoms with Gasteiger partial charge in [-0.05, 0) is 19.9 Å². The highest BCUT2D eigenvalue weighted by molar-refractivity contribution is 5.95. The first-order valence-corrected chi connectivity index (χ1v) is 4.86. The molecule has 1 fully saturated rings. The monoisotopic (exact) mass is 207 g/mol. The van der Waals surface area contributed by atoms with Crippen LogP contribution in [-0.4, -0.2) is 35.4 Å². The summed E-state index contributed by atoms with van der Waals surface area (Å²) in [6.07, 6.45) is 0. The van der Waals surface area contributed by atoms with Crippen molar-refractivity contribution in [3.8, 4) is 0 Å². The number of carbonyl (C=O) groups is 1. The molecule has 2 heterocycles. The zero-order chi connectivity index (χ0) is 10.8.